The minimum absolute atomic E-state index is 0.119. The van der Waals surface area contributed by atoms with Crippen LogP contribution in [0.4, 0.5) is 10.6 Å². The second-order valence-corrected chi connectivity index (χ2v) is 10.0. The molecule has 1 aromatic carbocycles. The Morgan fingerprint density at radius 2 is 1.83 bits per heavy atom. The van der Waals surface area contributed by atoms with Gasteiger partial charge in [-0.25, -0.2) is 9.78 Å². The minimum Gasteiger partial charge on any atom is -0.484 e. The van der Waals surface area contributed by atoms with Gasteiger partial charge in [-0.05, 0) is 64.8 Å². The summed E-state index contributed by atoms with van der Waals surface area (Å²) in [4.78, 5) is 17.2. The average Bonchev–Trinajstić information content (AvgIpc) is 3.20. The van der Waals surface area contributed by atoms with E-state index in [1.165, 1.54) is 0 Å². The topological polar surface area (TPSA) is 93.4 Å². The number of aromatic nitrogens is 4. The Morgan fingerprint density at radius 1 is 1.06 bits per heavy atom. The zero-order valence-corrected chi connectivity index (χ0v) is 20.5. The standard InChI is InChI=1S/C26H26B2N6O2/c1-26(2,3)15-12-21(27)30-22(13-15)31-25(35)29-19-9-10-20(18-7-5-4-6-17(18)19)36-16-8-11-23-32-33-24(28)34(23)14-16/h4-8,11-14,19-20H,9-10H2,1-3H3,(H2,29,30,31,35). The number of rotatable bonds is 4. The Balaban J connectivity index is 1.31. The molecule has 3 heterocycles. The van der Waals surface area contributed by atoms with E-state index >= 15 is 0 Å². The highest BCUT2D eigenvalue weighted by molar-refractivity contribution is 6.30. The van der Waals surface area contributed by atoms with Crippen LogP contribution in [-0.4, -0.2) is 41.3 Å². The lowest BCUT2D eigenvalue weighted by Gasteiger charge is -2.32. The highest BCUT2D eigenvalue weighted by Crippen LogP contribution is 2.38. The van der Waals surface area contributed by atoms with Crippen molar-refractivity contribution in [3.63, 3.8) is 0 Å². The number of nitrogens with zero attached hydrogens (tertiary/aromatic N) is 4. The average molecular weight is 476 g/mol. The second kappa shape index (κ2) is 9.33. The monoisotopic (exact) mass is 476 g/mol. The lowest BCUT2D eigenvalue weighted by atomic mass is 9.85. The molecule has 5 rings (SSSR count). The van der Waals surface area contributed by atoms with Gasteiger partial charge >= 0.3 is 6.03 Å². The summed E-state index contributed by atoms with van der Waals surface area (Å²) in [6, 6.07) is 14.9. The number of urea groups is 1. The quantitative estimate of drug-likeness (QED) is 0.442. The molecule has 3 aromatic heterocycles. The molecule has 4 radical (unpaired) electrons. The molecular weight excluding hydrogens is 450 g/mol. The van der Waals surface area contributed by atoms with E-state index in [2.05, 4.69) is 46.6 Å². The third-order valence-corrected chi connectivity index (χ3v) is 6.37. The molecule has 0 fully saturated rings. The van der Waals surface area contributed by atoms with Gasteiger partial charge < -0.3 is 10.1 Å². The Morgan fingerprint density at radius 3 is 2.61 bits per heavy atom. The number of hydrogen-bond acceptors (Lipinski definition) is 5. The first-order valence-corrected chi connectivity index (χ1v) is 11.9. The molecule has 2 N–H and O–H groups in total. The molecule has 10 heteroatoms. The molecule has 178 valence electrons. The van der Waals surface area contributed by atoms with Crippen LogP contribution in [-0.2, 0) is 5.41 Å². The lowest BCUT2D eigenvalue weighted by Crippen LogP contribution is -2.36. The number of fused-ring (bicyclic) bond motifs is 2. The van der Waals surface area contributed by atoms with E-state index in [1.807, 2.05) is 48.5 Å². The Hall–Kier alpha value is -3.81. The zero-order valence-electron chi connectivity index (χ0n) is 20.5. The van der Waals surface area contributed by atoms with Crippen molar-refractivity contribution in [2.75, 3.05) is 5.32 Å². The maximum atomic E-state index is 12.9. The van der Waals surface area contributed by atoms with Gasteiger partial charge in [-0.15, -0.1) is 10.2 Å². The Kier molecular flexibility index (Phi) is 6.20. The van der Waals surface area contributed by atoms with Crippen LogP contribution < -0.4 is 26.7 Å². The van der Waals surface area contributed by atoms with E-state index in [0.717, 1.165) is 23.1 Å². The molecule has 0 saturated heterocycles. The van der Waals surface area contributed by atoms with Gasteiger partial charge in [-0.3, -0.25) is 9.72 Å². The SMILES string of the molecule is [B]c1cc(C(C)(C)C)cc(NC(=O)NC2CCC(Oc3ccc4nnc([B])n4c3)c3ccccc32)n1. The van der Waals surface area contributed by atoms with Crippen LogP contribution in [0.5, 0.6) is 5.75 Å². The van der Waals surface area contributed by atoms with Gasteiger partial charge in [-0.2, -0.15) is 0 Å². The van der Waals surface area contributed by atoms with Crippen LogP contribution >= 0.6 is 0 Å². The first kappa shape index (κ1) is 23.9. The number of amides is 2. The number of pyridine rings is 2. The first-order valence-electron chi connectivity index (χ1n) is 11.9. The fraction of sp³-hybridized carbons (Fsp3) is 0.308. The summed E-state index contributed by atoms with van der Waals surface area (Å²) in [5, 5.41) is 13.8. The smallest absolute Gasteiger partial charge is 0.320 e. The number of ether oxygens (including phenoxy) is 1. The van der Waals surface area contributed by atoms with Gasteiger partial charge in [0.1, 0.15) is 25.5 Å². The van der Waals surface area contributed by atoms with Gasteiger partial charge in [0.2, 0.25) is 0 Å². The van der Waals surface area contributed by atoms with Gasteiger partial charge in [0.15, 0.2) is 13.5 Å². The van der Waals surface area contributed by atoms with Gasteiger partial charge in [0, 0.05) is 0 Å². The summed E-state index contributed by atoms with van der Waals surface area (Å²) in [5.74, 6) is 1.09. The largest absolute Gasteiger partial charge is 0.484 e. The van der Waals surface area contributed by atoms with Crippen molar-refractivity contribution < 1.29 is 9.53 Å². The van der Waals surface area contributed by atoms with Crippen molar-refractivity contribution in [3.8, 4) is 5.75 Å². The summed E-state index contributed by atoms with van der Waals surface area (Å²) < 4.78 is 8.03. The summed E-state index contributed by atoms with van der Waals surface area (Å²) in [6.07, 6.45) is 3.06. The molecule has 36 heavy (non-hydrogen) atoms. The van der Waals surface area contributed by atoms with Crippen LogP contribution in [0.3, 0.4) is 0 Å². The van der Waals surface area contributed by atoms with Crippen molar-refractivity contribution in [2.45, 2.75) is 51.2 Å². The number of nitrogens with one attached hydrogen (secondary N) is 2. The summed E-state index contributed by atoms with van der Waals surface area (Å²) in [7, 11) is 11.9. The van der Waals surface area contributed by atoms with E-state index in [4.69, 9.17) is 20.4 Å². The molecule has 0 bridgehead atoms. The molecular formula is C26H26B2N6O2. The predicted molar refractivity (Wildman–Crippen MR) is 141 cm³/mol. The number of benzene rings is 1. The molecule has 1 aliphatic rings. The van der Waals surface area contributed by atoms with Gasteiger partial charge in [0.05, 0.1) is 18.0 Å². The maximum Gasteiger partial charge on any atom is 0.320 e. The third kappa shape index (κ3) is 4.94. The molecule has 8 nitrogen and oxygen atoms in total. The summed E-state index contributed by atoms with van der Waals surface area (Å²) >= 11 is 0. The zero-order chi connectivity index (χ0) is 25.4. The third-order valence-electron chi connectivity index (χ3n) is 6.37. The summed E-state index contributed by atoms with van der Waals surface area (Å²) in [6.45, 7) is 6.26. The molecule has 4 aromatic rings. The van der Waals surface area contributed by atoms with Crippen LogP contribution in [0.25, 0.3) is 5.65 Å². The number of carbonyl (C=O) groups is 1. The number of carbonyl (C=O) groups excluding carboxylic acids is 1. The fourth-order valence-corrected chi connectivity index (χ4v) is 4.51. The van der Waals surface area contributed by atoms with Crippen LogP contribution in [0.1, 0.15) is 62.4 Å². The van der Waals surface area contributed by atoms with Crippen molar-refractivity contribution in [2.24, 2.45) is 0 Å². The summed E-state index contributed by atoms with van der Waals surface area (Å²) in [5.41, 5.74) is 4.26. The highest BCUT2D eigenvalue weighted by Gasteiger charge is 2.29. The molecule has 2 unspecified atom stereocenters. The minimum atomic E-state index is -0.333. The molecule has 0 spiro atoms. The first-order chi connectivity index (χ1) is 17.2. The van der Waals surface area contributed by atoms with E-state index in [9.17, 15) is 4.79 Å². The highest BCUT2D eigenvalue weighted by atomic mass is 16.5. The van der Waals surface area contributed by atoms with Gasteiger partial charge in [-0.1, -0.05) is 45.0 Å². The second-order valence-electron chi connectivity index (χ2n) is 10.0. The van der Waals surface area contributed by atoms with Crippen LogP contribution in [0.2, 0.25) is 0 Å². The lowest BCUT2D eigenvalue weighted by molar-refractivity contribution is 0.172. The molecule has 2 amide bonds. The number of hydrogen-bond donors (Lipinski definition) is 2. The maximum absolute atomic E-state index is 12.9. The van der Waals surface area contributed by atoms with E-state index in [1.54, 1.807) is 10.6 Å². The number of anilines is 1. The molecule has 1 aliphatic carbocycles. The fourth-order valence-electron chi connectivity index (χ4n) is 4.51. The molecule has 0 aliphatic heterocycles. The van der Waals surface area contributed by atoms with E-state index in [0.29, 0.717) is 35.0 Å². The van der Waals surface area contributed by atoms with E-state index < -0.39 is 0 Å². The molecule has 2 atom stereocenters. The van der Waals surface area contributed by atoms with Crippen molar-refractivity contribution in [1.29, 1.82) is 0 Å². The van der Waals surface area contributed by atoms with Crippen LogP contribution in [0.15, 0.2) is 54.7 Å². The van der Waals surface area contributed by atoms with Crippen molar-refractivity contribution >= 4 is 44.5 Å². The molecule has 0 saturated carbocycles. The van der Waals surface area contributed by atoms with Crippen molar-refractivity contribution in [1.82, 2.24) is 24.9 Å². The Bertz CT molecular complexity index is 1430. The Labute approximate surface area is 212 Å². The van der Waals surface area contributed by atoms with Crippen LogP contribution in [0, 0.1) is 0 Å². The van der Waals surface area contributed by atoms with Crippen molar-refractivity contribution in [3.05, 3.63) is 71.4 Å². The van der Waals surface area contributed by atoms with E-state index in [-0.39, 0.29) is 23.6 Å². The van der Waals surface area contributed by atoms with Gasteiger partial charge in [0.25, 0.3) is 0 Å². The predicted octanol–water partition coefficient (Wildman–Crippen LogP) is 2.79. The normalized spacial score (nSPS) is 17.4.